The molecule has 9 heteroatoms. The summed E-state index contributed by atoms with van der Waals surface area (Å²) in [7, 11) is 0. The van der Waals surface area contributed by atoms with Gasteiger partial charge in [0.15, 0.2) is 5.67 Å². The SMILES string of the molecule is NC(=O)[C@@]1(N)[C@H]2[C@@H](C[C@H]1OCc1ccc(Cl)c(Cl)c1)[C@]2(F)C(N)=O. The molecule has 1 aromatic carbocycles. The molecule has 0 saturated heterocycles. The molecule has 2 aliphatic rings. The summed E-state index contributed by atoms with van der Waals surface area (Å²) in [5.41, 5.74) is 13.2. The Kier molecular flexibility index (Phi) is 4.03. The number of rotatable bonds is 5. The normalized spacial score (nSPS) is 37.1. The lowest BCUT2D eigenvalue weighted by Crippen LogP contribution is -2.63. The van der Waals surface area contributed by atoms with Gasteiger partial charge < -0.3 is 21.9 Å². The van der Waals surface area contributed by atoms with Gasteiger partial charge in [0.1, 0.15) is 5.54 Å². The summed E-state index contributed by atoms with van der Waals surface area (Å²) >= 11 is 11.8. The van der Waals surface area contributed by atoms with Crippen LogP contribution in [-0.4, -0.2) is 29.1 Å². The third kappa shape index (κ3) is 2.30. The Labute approximate surface area is 147 Å². The van der Waals surface area contributed by atoms with Crippen molar-refractivity contribution < 1.29 is 18.7 Å². The topological polar surface area (TPSA) is 121 Å². The first-order chi connectivity index (χ1) is 11.1. The molecule has 0 unspecified atom stereocenters. The van der Waals surface area contributed by atoms with E-state index in [1.54, 1.807) is 18.2 Å². The minimum Gasteiger partial charge on any atom is -0.371 e. The lowest BCUT2D eigenvalue weighted by Gasteiger charge is -2.32. The Bertz CT molecular complexity index is 734. The molecule has 6 N–H and O–H groups in total. The van der Waals surface area contributed by atoms with Crippen LogP contribution in [0.25, 0.3) is 0 Å². The van der Waals surface area contributed by atoms with Crippen molar-refractivity contribution in [3.63, 3.8) is 0 Å². The average Bonchev–Trinajstić information content (AvgIpc) is 2.98. The maximum Gasteiger partial charge on any atom is 0.255 e. The zero-order valence-electron chi connectivity index (χ0n) is 12.5. The second kappa shape index (κ2) is 5.56. The van der Waals surface area contributed by atoms with Crippen molar-refractivity contribution in [2.75, 3.05) is 0 Å². The van der Waals surface area contributed by atoms with Crippen molar-refractivity contribution in [2.45, 2.75) is 30.3 Å². The smallest absolute Gasteiger partial charge is 0.255 e. The Morgan fingerprint density at radius 3 is 2.46 bits per heavy atom. The maximum atomic E-state index is 14.6. The molecule has 2 saturated carbocycles. The highest BCUT2D eigenvalue weighted by Crippen LogP contribution is 2.66. The minimum absolute atomic E-state index is 0.0864. The van der Waals surface area contributed by atoms with Crippen LogP contribution in [0.4, 0.5) is 4.39 Å². The van der Waals surface area contributed by atoms with E-state index in [9.17, 15) is 14.0 Å². The molecule has 0 heterocycles. The predicted octanol–water partition coefficient (Wildman–Crippen LogP) is 0.905. The van der Waals surface area contributed by atoms with Gasteiger partial charge >= 0.3 is 0 Å². The highest BCUT2D eigenvalue weighted by atomic mass is 35.5. The molecule has 2 amide bonds. The van der Waals surface area contributed by atoms with Gasteiger partial charge in [-0.25, -0.2) is 4.39 Å². The van der Waals surface area contributed by atoms with Gasteiger partial charge in [0, 0.05) is 11.8 Å². The molecule has 130 valence electrons. The number of primary amides is 2. The first-order valence-corrected chi connectivity index (χ1v) is 8.02. The van der Waals surface area contributed by atoms with E-state index < -0.39 is 41.0 Å². The van der Waals surface area contributed by atoms with Gasteiger partial charge in [-0.2, -0.15) is 0 Å². The van der Waals surface area contributed by atoms with Crippen LogP contribution in [-0.2, 0) is 20.9 Å². The van der Waals surface area contributed by atoms with Crippen LogP contribution in [0.1, 0.15) is 12.0 Å². The van der Waals surface area contributed by atoms with Crippen LogP contribution in [0.2, 0.25) is 10.0 Å². The summed E-state index contributed by atoms with van der Waals surface area (Å²) in [6.07, 6.45) is -0.729. The van der Waals surface area contributed by atoms with Crippen molar-refractivity contribution in [3.05, 3.63) is 33.8 Å². The fraction of sp³-hybridized carbons (Fsp3) is 0.467. The fourth-order valence-electron chi connectivity index (χ4n) is 3.72. The Hall–Kier alpha value is -1.41. The number of hydrogen-bond donors (Lipinski definition) is 3. The van der Waals surface area contributed by atoms with Gasteiger partial charge in [-0.15, -0.1) is 0 Å². The van der Waals surface area contributed by atoms with Crippen molar-refractivity contribution in [2.24, 2.45) is 29.0 Å². The van der Waals surface area contributed by atoms with Crippen LogP contribution in [0, 0.1) is 11.8 Å². The minimum atomic E-state index is -2.30. The van der Waals surface area contributed by atoms with Crippen molar-refractivity contribution in [1.29, 1.82) is 0 Å². The van der Waals surface area contributed by atoms with E-state index in [1.807, 2.05) is 0 Å². The molecular formula is C15H16Cl2FN3O3. The molecule has 0 aliphatic heterocycles. The second-order valence-electron chi connectivity index (χ2n) is 6.30. The Morgan fingerprint density at radius 1 is 1.25 bits per heavy atom. The number of alkyl halides is 1. The number of carbonyl (C=O) groups excluding carboxylic acids is 2. The summed E-state index contributed by atoms with van der Waals surface area (Å²) < 4.78 is 20.3. The van der Waals surface area contributed by atoms with Crippen LogP contribution >= 0.6 is 23.2 Å². The van der Waals surface area contributed by atoms with Crippen molar-refractivity contribution in [3.8, 4) is 0 Å². The molecular weight excluding hydrogens is 360 g/mol. The molecule has 0 spiro atoms. The van der Waals surface area contributed by atoms with E-state index in [0.717, 1.165) is 0 Å². The van der Waals surface area contributed by atoms with Crippen molar-refractivity contribution >= 4 is 35.0 Å². The third-order valence-corrected chi connectivity index (χ3v) is 5.78. The molecule has 0 aromatic heterocycles. The van der Waals surface area contributed by atoms with E-state index in [4.69, 9.17) is 45.1 Å². The summed E-state index contributed by atoms with van der Waals surface area (Å²) in [6.45, 7) is 0.0864. The van der Waals surface area contributed by atoms with Gasteiger partial charge in [-0.3, -0.25) is 9.59 Å². The number of hydrogen-bond acceptors (Lipinski definition) is 4. The summed E-state index contributed by atoms with van der Waals surface area (Å²) in [5, 5.41) is 0.758. The maximum absolute atomic E-state index is 14.6. The zero-order chi connectivity index (χ0) is 17.9. The summed E-state index contributed by atoms with van der Waals surface area (Å²) in [5.74, 6) is -3.86. The molecule has 6 nitrogen and oxygen atoms in total. The number of carbonyl (C=O) groups is 2. The molecule has 24 heavy (non-hydrogen) atoms. The van der Waals surface area contributed by atoms with E-state index in [1.165, 1.54) is 0 Å². The largest absolute Gasteiger partial charge is 0.371 e. The molecule has 0 bridgehead atoms. The number of ether oxygens (including phenoxy) is 1. The van der Waals surface area contributed by atoms with Crippen LogP contribution in [0.15, 0.2) is 18.2 Å². The highest BCUT2D eigenvalue weighted by Gasteiger charge is 2.83. The molecule has 2 fully saturated rings. The first-order valence-electron chi connectivity index (χ1n) is 7.26. The Morgan fingerprint density at radius 2 is 1.92 bits per heavy atom. The average molecular weight is 376 g/mol. The molecule has 3 rings (SSSR count). The van der Waals surface area contributed by atoms with Crippen molar-refractivity contribution in [1.82, 2.24) is 0 Å². The van der Waals surface area contributed by atoms with Crippen LogP contribution in [0.5, 0.6) is 0 Å². The summed E-state index contributed by atoms with van der Waals surface area (Å²) in [6, 6.07) is 4.93. The first kappa shape index (κ1) is 17.4. The van der Waals surface area contributed by atoms with E-state index in [-0.39, 0.29) is 13.0 Å². The fourth-order valence-corrected chi connectivity index (χ4v) is 4.04. The number of benzene rings is 1. The number of nitrogens with two attached hydrogens (primary N) is 3. The van der Waals surface area contributed by atoms with Crippen LogP contribution in [0.3, 0.4) is 0 Å². The lowest BCUT2D eigenvalue weighted by molar-refractivity contribution is -0.134. The van der Waals surface area contributed by atoms with Gasteiger partial charge in [0.2, 0.25) is 5.91 Å². The highest BCUT2D eigenvalue weighted by molar-refractivity contribution is 6.42. The van der Waals surface area contributed by atoms with Gasteiger partial charge in [0.25, 0.3) is 5.91 Å². The lowest BCUT2D eigenvalue weighted by atomic mass is 9.87. The Balaban J connectivity index is 1.76. The second-order valence-corrected chi connectivity index (χ2v) is 7.11. The molecule has 2 aliphatic carbocycles. The van der Waals surface area contributed by atoms with E-state index in [2.05, 4.69) is 0 Å². The summed E-state index contributed by atoms with van der Waals surface area (Å²) in [4.78, 5) is 23.2. The zero-order valence-corrected chi connectivity index (χ0v) is 14.0. The molecule has 0 radical (unpaired) electrons. The van der Waals surface area contributed by atoms with E-state index >= 15 is 0 Å². The quantitative estimate of drug-likeness (QED) is 0.707. The third-order valence-electron chi connectivity index (χ3n) is 5.04. The van der Waals surface area contributed by atoms with E-state index in [0.29, 0.717) is 15.6 Å². The van der Waals surface area contributed by atoms with Gasteiger partial charge in [-0.05, 0) is 24.1 Å². The number of halogens is 3. The predicted molar refractivity (Wildman–Crippen MR) is 85.8 cm³/mol. The molecule has 5 atom stereocenters. The van der Waals surface area contributed by atoms with Gasteiger partial charge in [-0.1, -0.05) is 29.3 Å². The van der Waals surface area contributed by atoms with Gasteiger partial charge in [0.05, 0.1) is 22.8 Å². The number of fused-ring (bicyclic) bond motifs is 1. The number of amides is 2. The standard InChI is InChI=1S/C15H16Cl2FN3O3/c16-8-2-1-6(3-9(8)17)5-24-10-4-7-11(14(7,18)12(19)22)15(10,21)13(20)23/h1-3,7,10-11H,4-5,21H2,(H2,19,22)(H2,20,23)/t7-,10-,11+,14-,15+/m1/s1. The monoisotopic (exact) mass is 375 g/mol. The van der Waals surface area contributed by atoms with Crippen LogP contribution < -0.4 is 17.2 Å². The molecule has 1 aromatic rings.